The van der Waals surface area contributed by atoms with E-state index in [9.17, 15) is 0 Å². The van der Waals surface area contributed by atoms with Crippen LogP contribution in [-0.4, -0.2) is 15.2 Å². The van der Waals surface area contributed by atoms with Crippen LogP contribution in [0.5, 0.6) is 0 Å². The Morgan fingerprint density at radius 1 is 1.15 bits per heavy atom. The van der Waals surface area contributed by atoms with Gasteiger partial charge in [0.2, 0.25) is 0 Å². The summed E-state index contributed by atoms with van der Waals surface area (Å²) in [4.78, 5) is 3.97. The van der Waals surface area contributed by atoms with Gasteiger partial charge in [0.1, 0.15) is 11.0 Å². The van der Waals surface area contributed by atoms with Crippen molar-refractivity contribution in [1.29, 1.82) is 0 Å². The molecule has 2 aromatic heterocycles. The van der Waals surface area contributed by atoms with Gasteiger partial charge in [-0.05, 0) is 23.3 Å². The van der Waals surface area contributed by atoms with Crippen LogP contribution in [0.2, 0.25) is 5.15 Å². The molecule has 100 valence electrons. The van der Waals surface area contributed by atoms with E-state index >= 15 is 0 Å². The Morgan fingerprint density at radius 3 is 2.70 bits per heavy atom. The number of benzene rings is 1. The minimum absolute atomic E-state index is 0.381. The van der Waals surface area contributed by atoms with Gasteiger partial charge in [0.25, 0.3) is 0 Å². The van der Waals surface area contributed by atoms with Crippen LogP contribution in [0.25, 0.3) is 11.1 Å². The van der Waals surface area contributed by atoms with E-state index in [1.165, 1.54) is 5.56 Å². The summed E-state index contributed by atoms with van der Waals surface area (Å²) < 4.78 is 0. The highest BCUT2D eigenvalue weighted by atomic mass is 35.5. The molecular weight excluding hydrogens is 272 g/mol. The molecule has 3 N–H and O–H groups in total. The molecule has 0 fully saturated rings. The van der Waals surface area contributed by atoms with Crippen LogP contribution >= 0.6 is 11.6 Å². The van der Waals surface area contributed by atoms with Gasteiger partial charge in [0, 0.05) is 17.7 Å². The number of nitrogen functional groups attached to an aromatic ring is 1. The maximum absolute atomic E-state index is 5.96. The Bertz CT molecular complexity index is 701. The lowest BCUT2D eigenvalue weighted by Crippen LogP contribution is -1.94. The zero-order valence-corrected chi connectivity index (χ0v) is 11.4. The summed E-state index contributed by atoms with van der Waals surface area (Å²) in [5, 5.41) is 7.54. The summed E-state index contributed by atoms with van der Waals surface area (Å²) in [6.07, 6.45) is 2.55. The zero-order chi connectivity index (χ0) is 13.9. The zero-order valence-electron chi connectivity index (χ0n) is 10.7. The normalized spacial score (nSPS) is 10.7. The van der Waals surface area contributed by atoms with Crippen LogP contribution in [0.4, 0.5) is 5.82 Å². The number of nitrogens with two attached hydrogens (primary N) is 1. The Kier molecular flexibility index (Phi) is 3.39. The van der Waals surface area contributed by atoms with Gasteiger partial charge < -0.3 is 5.73 Å². The topological polar surface area (TPSA) is 67.6 Å². The summed E-state index contributed by atoms with van der Waals surface area (Å²) >= 11 is 5.96. The number of rotatable bonds is 3. The molecular formula is C15H13ClN4. The monoisotopic (exact) mass is 284 g/mol. The maximum atomic E-state index is 5.96. The molecule has 0 radical (unpaired) electrons. The highest BCUT2D eigenvalue weighted by Crippen LogP contribution is 2.27. The van der Waals surface area contributed by atoms with Crippen molar-refractivity contribution in [1.82, 2.24) is 15.2 Å². The summed E-state index contributed by atoms with van der Waals surface area (Å²) in [6, 6.07) is 13.8. The molecule has 0 atom stereocenters. The Balaban J connectivity index is 1.98. The smallest absolute Gasteiger partial charge is 0.132 e. The SMILES string of the molecule is Nc1cc(-c2cn[nH]c2Cc2ccccc2)cc(Cl)n1. The largest absolute Gasteiger partial charge is 0.384 e. The number of halogens is 1. The van der Waals surface area contributed by atoms with E-state index in [0.29, 0.717) is 11.0 Å². The summed E-state index contributed by atoms with van der Waals surface area (Å²) in [5.41, 5.74) is 9.89. The fourth-order valence-corrected chi connectivity index (χ4v) is 2.38. The van der Waals surface area contributed by atoms with E-state index in [1.54, 1.807) is 18.3 Å². The van der Waals surface area contributed by atoms with Gasteiger partial charge in [0.05, 0.1) is 6.20 Å². The van der Waals surface area contributed by atoms with E-state index in [4.69, 9.17) is 17.3 Å². The van der Waals surface area contributed by atoms with E-state index in [0.717, 1.165) is 23.2 Å². The lowest BCUT2D eigenvalue weighted by atomic mass is 10.0. The molecule has 3 aromatic rings. The number of anilines is 1. The molecule has 1 aromatic carbocycles. The van der Waals surface area contributed by atoms with E-state index in [2.05, 4.69) is 27.3 Å². The third kappa shape index (κ3) is 2.65. The number of aromatic nitrogens is 3. The van der Waals surface area contributed by atoms with Crippen molar-refractivity contribution in [2.75, 3.05) is 5.73 Å². The summed E-state index contributed by atoms with van der Waals surface area (Å²) in [7, 11) is 0. The van der Waals surface area contributed by atoms with E-state index < -0.39 is 0 Å². The van der Waals surface area contributed by atoms with Crippen molar-refractivity contribution >= 4 is 17.4 Å². The van der Waals surface area contributed by atoms with Crippen LogP contribution in [-0.2, 0) is 6.42 Å². The van der Waals surface area contributed by atoms with Gasteiger partial charge in [-0.2, -0.15) is 5.10 Å². The van der Waals surface area contributed by atoms with Crippen molar-refractivity contribution in [2.24, 2.45) is 0 Å². The molecule has 0 aliphatic heterocycles. The molecule has 3 rings (SSSR count). The Labute approximate surface area is 121 Å². The predicted octanol–water partition coefficient (Wildman–Crippen LogP) is 3.30. The van der Waals surface area contributed by atoms with Crippen LogP contribution < -0.4 is 5.73 Å². The van der Waals surface area contributed by atoms with Crippen molar-refractivity contribution in [2.45, 2.75) is 6.42 Å². The Hall–Kier alpha value is -2.33. The highest BCUT2D eigenvalue weighted by molar-refractivity contribution is 6.29. The van der Waals surface area contributed by atoms with Gasteiger partial charge in [-0.3, -0.25) is 5.10 Å². The van der Waals surface area contributed by atoms with Gasteiger partial charge >= 0.3 is 0 Å². The first-order valence-electron chi connectivity index (χ1n) is 6.22. The lowest BCUT2D eigenvalue weighted by Gasteiger charge is -2.05. The standard InChI is InChI=1S/C15H13ClN4/c16-14-7-11(8-15(17)19-14)12-9-18-20-13(12)6-10-4-2-1-3-5-10/h1-5,7-9H,6H2,(H2,17,19)(H,18,20). The second-order valence-corrected chi connectivity index (χ2v) is 4.92. The first-order chi connectivity index (χ1) is 9.72. The molecule has 0 aliphatic carbocycles. The third-order valence-corrected chi connectivity index (χ3v) is 3.26. The minimum atomic E-state index is 0.381. The molecule has 4 nitrogen and oxygen atoms in total. The van der Waals surface area contributed by atoms with Crippen LogP contribution in [0.1, 0.15) is 11.3 Å². The summed E-state index contributed by atoms with van der Waals surface area (Å²) in [6.45, 7) is 0. The van der Waals surface area contributed by atoms with Gasteiger partial charge in [-0.25, -0.2) is 4.98 Å². The maximum Gasteiger partial charge on any atom is 0.132 e. The number of pyridine rings is 1. The van der Waals surface area contributed by atoms with Crippen molar-refractivity contribution < 1.29 is 0 Å². The first-order valence-corrected chi connectivity index (χ1v) is 6.60. The van der Waals surface area contributed by atoms with Crippen molar-refractivity contribution in [3.63, 3.8) is 0 Å². The molecule has 0 aliphatic rings. The minimum Gasteiger partial charge on any atom is -0.384 e. The average molecular weight is 285 g/mol. The molecule has 0 saturated carbocycles. The van der Waals surface area contributed by atoms with Crippen LogP contribution in [0, 0.1) is 0 Å². The molecule has 0 spiro atoms. The fourth-order valence-electron chi connectivity index (χ4n) is 2.17. The summed E-state index contributed by atoms with van der Waals surface area (Å²) in [5.74, 6) is 0.402. The second-order valence-electron chi connectivity index (χ2n) is 4.53. The molecule has 0 unspecified atom stereocenters. The fraction of sp³-hybridized carbons (Fsp3) is 0.0667. The molecule has 20 heavy (non-hydrogen) atoms. The number of nitrogens with zero attached hydrogens (tertiary/aromatic N) is 2. The van der Waals surface area contributed by atoms with Crippen LogP contribution in [0.3, 0.4) is 0 Å². The number of hydrogen-bond donors (Lipinski definition) is 2. The van der Waals surface area contributed by atoms with Gasteiger partial charge in [-0.15, -0.1) is 0 Å². The number of H-pyrrole nitrogens is 1. The second kappa shape index (κ2) is 5.35. The van der Waals surface area contributed by atoms with Gasteiger partial charge in [0.15, 0.2) is 0 Å². The third-order valence-electron chi connectivity index (χ3n) is 3.07. The predicted molar refractivity (Wildman–Crippen MR) is 80.5 cm³/mol. The van der Waals surface area contributed by atoms with Gasteiger partial charge in [-0.1, -0.05) is 41.9 Å². The molecule has 0 saturated heterocycles. The van der Waals surface area contributed by atoms with E-state index in [-0.39, 0.29) is 0 Å². The number of hydrogen-bond acceptors (Lipinski definition) is 3. The number of nitrogens with one attached hydrogen (secondary N) is 1. The van der Waals surface area contributed by atoms with Crippen molar-refractivity contribution in [3.05, 3.63) is 65.1 Å². The number of aromatic amines is 1. The molecule has 0 bridgehead atoms. The molecule has 0 amide bonds. The highest BCUT2D eigenvalue weighted by Gasteiger charge is 2.10. The van der Waals surface area contributed by atoms with Crippen LogP contribution in [0.15, 0.2) is 48.7 Å². The quantitative estimate of drug-likeness (QED) is 0.725. The Morgan fingerprint density at radius 2 is 1.95 bits per heavy atom. The molecule has 2 heterocycles. The lowest BCUT2D eigenvalue weighted by molar-refractivity contribution is 0.997. The first kappa shape index (κ1) is 12.7. The average Bonchev–Trinajstić information content (AvgIpc) is 2.87. The van der Waals surface area contributed by atoms with E-state index in [1.807, 2.05) is 18.2 Å². The van der Waals surface area contributed by atoms with Crippen molar-refractivity contribution in [3.8, 4) is 11.1 Å². The molecule has 5 heteroatoms.